The van der Waals surface area contributed by atoms with Crippen molar-refractivity contribution in [3.63, 3.8) is 0 Å². The van der Waals surface area contributed by atoms with Gasteiger partial charge in [0.15, 0.2) is 0 Å². The van der Waals surface area contributed by atoms with E-state index in [1.165, 1.54) is 0 Å². The van der Waals surface area contributed by atoms with E-state index in [9.17, 15) is 0 Å². The Morgan fingerprint density at radius 3 is 1.07 bits per heavy atom. The normalized spacial score (nSPS) is 15.9. The first-order chi connectivity index (χ1) is 5.75. The van der Waals surface area contributed by atoms with Crippen LogP contribution in [0.4, 0.5) is 0 Å². The maximum atomic E-state index is 4.21. The third kappa shape index (κ3) is 2.79. The second-order valence-corrected chi connectivity index (χ2v) is 42.0. The van der Waals surface area contributed by atoms with Crippen LogP contribution in [0.5, 0.6) is 0 Å². The molecule has 0 radical (unpaired) electrons. The van der Waals surface area contributed by atoms with Gasteiger partial charge in [-0.3, -0.25) is 0 Å². The first kappa shape index (κ1) is 15.9. The fourth-order valence-corrected chi connectivity index (χ4v) is 56.5. The van der Waals surface area contributed by atoms with E-state index >= 15 is 0 Å². The zero-order valence-electron chi connectivity index (χ0n) is 10.8. The molecule has 14 heavy (non-hydrogen) atoms. The second-order valence-electron chi connectivity index (χ2n) is 6.63. The third-order valence-corrected chi connectivity index (χ3v) is 52.8. The topological polar surface area (TPSA) is 0 Å². The quantitative estimate of drug-likeness (QED) is 0.444. The molecular formula is C9H24Br2GeSi2. The van der Waals surface area contributed by atoms with Gasteiger partial charge >= 0.3 is 111 Å². The van der Waals surface area contributed by atoms with E-state index in [4.69, 9.17) is 0 Å². The fourth-order valence-electron chi connectivity index (χ4n) is 2.91. The van der Waals surface area contributed by atoms with E-state index < -0.39 is 27.6 Å². The average molecular weight is 421 g/mol. The molecule has 0 aromatic rings. The molecule has 5 heteroatoms. The van der Waals surface area contributed by atoms with E-state index in [-0.39, 0.29) is 0 Å². The van der Waals surface area contributed by atoms with Crippen molar-refractivity contribution in [1.82, 2.24) is 0 Å². The summed E-state index contributed by atoms with van der Waals surface area (Å²) in [6, 6.07) is 0. The first-order valence-corrected chi connectivity index (χ1v) is 23.1. The molecule has 0 spiro atoms. The number of hydrogen-bond acceptors (Lipinski definition) is 0. The van der Waals surface area contributed by atoms with Gasteiger partial charge in [0.25, 0.3) is 0 Å². The predicted molar refractivity (Wildman–Crippen MR) is 84.8 cm³/mol. The molecule has 0 aromatic heterocycles. The van der Waals surface area contributed by atoms with Crippen LogP contribution in [0.25, 0.3) is 0 Å². The fraction of sp³-hybridized carbons (Fsp3) is 1.00. The molecule has 0 saturated carbocycles. The van der Waals surface area contributed by atoms with Crippen LogP contribution < -0.4 is 0 Å². The van der Waals surface area contributed by atoms with Gasteiger partial charge in [0.2, 0.25) is 0 Å². The number of halogens is 2. The summed E-state index contributed by atoms with van der Waals surface area (Å²) in [5, 5.41) is 0. The molecule has 0 rings (SSSR count). The van der Waals surface area contributed by atoms with Crippen LogP contribution in [0.15, 0.2) is 0 Å². The van der Waals surface area contributed by atoms with Crippen LogP contribution in [0.3, 0.4) is 0 Å². The predicted octanol–water partition coefficient (Wildman–Crippen LogP) is 5.01. The zero-order valence-corrected chi connectivity index (χ0v) is 18.0. The molecular weight excluding hydrogens is 397 g/mol. The van der Waals surface area contributed by atoms with Gasteiger partial charge in [-0.1, -0.05) is 0 Å². The van der Waals surface area contributed by atoms with Gasteiger partial charge in [0, 0.05) is 0 Å². The molecule has 0 fully saturated rings. The van der Waals surface area contributed by atoms with Crippen molar-refractivity contribution >= 4 is 57.5 Å². The van der Waals surface area contributed by atoms with E-state index in [1.807, 2.05) is 0 Å². The summed E-state index contributed by atoms with van der Waals surface area (Å²) in [6.45, 7) is 15.0. The van der Waals surface area contributed by atoms with Crippen LogP contribution in [0.1, 0.15) is 0 Å². The molecule has 0 saturated heterocycles. The molecule has 0 atom stereocenters. The summed E-state index contributed by atoms with van der Waals surface area (Å²) < 4.78 is 0.507. The Balaban J connectivity index is 5.54. The van der Waals surface area contributed by atoms with Gasteiger partial charge in [0.1, 0.15) is 0 Å². The number of rotatable bonds is 3. The monoisotopic (exact) mass is 420 g/mol. The average Bonchev–Trinajstić information content (AvgIpc) is 1.77. The van der Waals surface area contributed by atoms with Crippen LogP contribution in [-0.2, 0) is 0 Å². The summed E-state index contributed by atoms with van der Waals surface area (Å²) in [5.41, 5.74) is 0. The first-order valence-electron chi connectivity index (χ1n) is 5.13. The Kier molecular flexibility index (Phi) is 4.91. The minimum atomic E-state index is -1.86. The molecule has 0 nitrogen and oxygen atoms in total. The molecule has 0 aliphatic rings. The van der Waals surface area contributed by atoms with E-state index in [0.29, 0.717) is 2.40 Å². The molecule has 86 valence electrons. The van der Waals surface area contributed by atoms with E-state index in [1.54, 1.807) is 0 Å². The number of alkyl halides is 1. The molecule has 0 unspecified atom stereocenters. The molecule has 0 bridgehead atoms. The third-order valence-electron chi connectivity index (χ3n) is 2.89. The zero-order chi connectivity index (χ0) is 12.0. The summed E-state index contributed by atoms with van der Waals surface area (Å²) in [6.07, 6.45) is 0. The van der Waals surface area contributed by atoms with Crippen molar-refractivity contribution in [2.75, 3.05) is 0 Å². The summed E-state index contributed by atoms with van der Waals surface area (Å²) in [4.78, 5) is 0. The van der Waals surface area contributed by atoms with E-state index in [0.717, 1.165) is 0 Å². The molecule has 0 amide bonds. The van der Waals surface area contributed by atoms with Gasteiger partial charge < -0.3 is 0 Å². The van der Waals surface area contributed by atoms with Crippen molar-refractivity contribution in [1.29, 1.82) is 0 Å². The Hall–Kier alpha value is 1.94. The van der Waals surface area contributed by atoms with Gasteiger partial charge in [-0.15, -0.1) is 0 Å². The van der Waals surface area contributed by atoms with Crippen molar-refractivity contribution in [3.05, 3.63) is 0 Å². The standard InChI is InChI=1S/C9H24Br2GeSi2/c1-12(2,11)9(10,13(3,4)5)14(6,7)8/h1-8H3. The van der Waals surface area contributed by atoms with Crippen molar-refractivity contribution in [2.45, 2.75) is 53.2 Å². The molecule has 0 heterocycles. The molecule has 0 aliphatic carbocycles. The van der Waals surface area contributed by atoms with Crippen molar-refractivity contribution in [2.24, 2.45) is 0 Å². The summed E-state index contributed by atoms with van der Waals surface area (Å²) in [7, 11) is -2.33. The van der Waals surface area contributed by atoms with E-state index in [2.05, 4.69) is 80.7 Å². The van der Waals surface area contributed by atoms with Crippen LogP contribution in [-0.4, -0.2) is 30.0 Å². The van der Waals surface area contributed by atoms with Gasteiger partial charge in [-0.2, -0.15) is 0 Å². The van der Waals surface area contributed by atoms with Gasteiger partial charge in [0.05, 0.1) is 0 Å². The van der Waals surface area contributed by atoms with Gasteiger partial charge in [-0.05, 0) is 0 Å². The van der Waals surface area contributed by atoms with Crippen LogP contribution in [0.2, 0.25) is 50.8 Å². The van der Waals surface area contributed by atoms with Crippen molar-refractivity contribution < 1.29 is 0 Å². The minimum absolute atomic E-state index is 0.507. The molecule has 0 aromatic carbocycles. The Labute approximate surface area is 110 Å². The van der Waals surface area contributed by atoms with Crippen LogP contribution in [0, 0.1) is 0 Å². The van der Waals surface area contributed by atoms with Crippen LogP contribution >= 0.6 is 29.9 Å². The Morgan fingerprint density at radius 1 is 0.857 bits per heavy atom. The Morgan fingerprint density at radius 2 is 1.07 bits per heavy atom. The second kappa shape index (κ2) is 4.31. The van der Waals surface area contributed by atoms with Gasteiger partial charge in [-0.25, -0.2) is 0 Å². The summed E-state index contributed by atoms with van der Waals surface area (Å²) in [5.74, 6) is 4.98. The maximum absolute atomic E-state index is 4.21. The molecule has 0 N–H and O–H groups in total. The SMILES string of the molecule is C[Si](C)(C)[C](Br)([Si](C)(C)C)[Ge]([CH3])([CH3])[Br]. The summed E-state index contributed by atoms with van der Waals surface area (Å²) >= 11 is 6.43. The molecule has 0 aliphatic heterocycles. The van der Waals surface area contributed by atoms with Crippen molar-refractivity contribution in [3.8, 4) is 0 Å². The Bertz CT molecular complexity index is 174. The number of hydrogen-bond donors (Lipinski definition) is 0.